The lowest BCUT2D eigenvalue weighted by Crippen LogP contribution is -2.45. The van der Waals surface area contributed by atoms with Gasteiger partial charge in [-0.05, 0) is 50.2 Å². The normalized spacial score (nSPS) is 12.1. The first kappa shape index (κ1) is 20.4. The molecule has 1 atom stereocenters. The van der Waals surface area contributed by atoms with Gasteiger partial charge in [0, 0.05) is 18.3 Å². The number of nitrogens with one attached hydrogen (secondary N) is 2. The minimum Gasteiger partial charge on any atom is -0.326 e. The Morgan fingerprint density at radius 1 is 0.926 bits per heavy atom. The number of hydrogen-bond donors (Lipinski definition) is 2. The van der Waals surface area contributed by atoms with Gasteiger partial charge in [0.2, 0.25) is 21.8 Å². The van der Waals surface area contributed by atoms with Gasteiger partial charge in [-0.2, -0.15) is 0 Å². The second kappa shape index (κ2) is 8.22. The summed E-state index contributed by atoms with van der Waals surface area (Å²) in [5.74, 6) is -0.657. The van der Waals surface area contributed by atoms with Crippen LogP contribution in [0.15, 0.2) is 48.5 Å². The van der Waals surface area contributed by atoms with Crippen LogP contribution in [0.4, 0.5) is 17.1 Å². The molecule has 144 valence electrons. The van der Waals surface area contributed by atoms with Crippen LogP contribution in [0.5, 0.6) is 0 Å². The van der Waals surface area contributed by atoms with E-state index in [9.17, 15) is 18.0 Å². The predicted molar refractivity (Wildman–Crippen MR) is 107 cm³/mol. The minimum atomic E-state index is -3.66. The van der Waals surface area contributed by atoms with Gasteiger partial charge in [-0.1, -0.05) is 17.7 Å². The molecule has 2 N–H and O–H groups in total. The highest BCUT2D eigenvalue weighted by molar-refractivity contribution is 7.92. The molecule has 0 fully saturated rings. The van der Waals surface area contributed by atoms with Crippen molar-refractivity contribution in [3.63, 3.8) is 0 Å². The van der Waals surface area contributed by atoms with E-state index in [1.165, 1.54) is 13.8 Å². The van der Waals surface area contributed by atoms with E-state index in [-0.39, 0.29) is 5.91 Å². The molecule has 2 amide bonds. The number of amides is 2. The Hall–Kier alpha value is -2.87. The molecule has 0 saturated heterocycles. The highest BCUT2D eigenvalue weighted by Crippen LogP contribution is 2.22. The number of sulfonamides is 1. The maximum absolute atomic E-state index is 12.6. The number of benzene rings is 2. The van der Waals surface area contributed by atoms with Crippen LogP contribution in [0, 0.1) is 6.92 Å². The largest absolute Gasteiger partial charge is 0.326 e. The third kappa shape index (κ3) is 5.55. The second-order valence-electron chi connectivity index (χ2n) is 6.32. The van der Waals surface area contributed by atoms with E-state index < -0.39 is 22.0 Å². The van der Waals surface area contributed by atoms with Crippen molar-refractivity contribution in [2.24, 2.45) is 0 Å². The molecule has 1 unspecified atom stereocenters. The fourth-order valence-corrected chi connectivity index (χ4v) is 3.76. The van der Waals surface area contributed by atoms with Crippen molar-refractivity contribution in [3.8, 4) is 0 Å². The van der Waals surface area contributed by atoms with Gasteiger partial charge in [0.05, 0.1) is 11.9 Å². The first-order chi connectivity index (χ1) is 12.6. The monoisotopic (exact) mass is 389 g/mol. The molecule has 0 radical (unpaired) electrons. The van der Waals surface area contributed by atoms with Gasteiger partial charge in [0.15, 0.2) is 0 Å². The van der Waals surface area contributed by atoms with Gasteiger partial charge in [0.1, 0.15) is 6.04 Å². The number of hydrogen-bond acceptors (Lipinski definition) is 4. The number of anilines is 3. The lowest BCUT2D eigenvalue weighted by Gasteiger charge is -2.28. The zero-order valence-electron chi connectivity index (χ0n) is 15.7. The van der Waals surface area contributed by atoms with E-state index in [1.807, 2.05) is 6.92 Å². The zero-order valence-corrected chi connectivity index (χ0v) is 16.5. The van der Waals surface area contributed by atoms with Crippen molar-refractivity contribution in [1.29, 1.82) is 0 Å². The van der Waals surface area contributed by atoms with E-state index in [0.717, 1.165) is 16.1 Å². The molecule has 2 aromatic carbocycles. The van der Waals surface area contributed by atoms with Crippen molar-refractivity contribution in [1.82, 2.24) is 0 Å². The van der Waals surface area contributed by atoms with Crippen LogP contribution in [0.2, 0.25) is 0 Å². The molecule has 0 bridgehead atoms. The Kier molecular flexibility index (Phi) is 6.22. The molecular weight excluding hydrogens is 366 g/mol. The third-order valence-corrected chi connectivity index (χ3v) is 5.09. The Balaban J connectivity index is 2.19. The van der Waals surface area contributed by atoms with Gasteiger partial charge in [-0.25, -0.2) is 8.42 Å². The summed E-state index contributed by atoms with van der Waals surface area (Å²) >= 11 is 0. The maximum atomic E-state index is 12.6. The number of nitrogens with zero attached hydrogens (tertiary/aromatic N) is 1. The molecule has 8 heteroatoms. The summed E-state index contributed by atoms with van der Waals surface area (Å²) in [7, 11) is -3.66. The molecule has 0 aliphatic rings. The number of rotatable bonds is 6. The Bertz CT molecular complexity index is 922. The summed E-state index contributed by atoms with van der Waals surface area (Å²) in [5, 5.41) is 5.33. The highest BCUT2D eigenvalue weighted by Gasteiger charge is 2.29. The molecule has 2 rings (SSSR count). The summed E-state index contributed by atoms with van der Waals surface area (Å²) in [4.78, 5) is 23.7. The van der Waals surface area contributed by atoms with Crippen LogP contribution in [0.3, 0.4) is 0 Å². The summed E-state index contributed by atoms with van der Waals surface area (Å²) in [6.07, 6.45) is 1.07. The van der Waals surface area contributed by atoms with Gasteiger partial charge in [-0.3, -0.25) is 13.9 Å². The SMILES string of the molecule is CC(=O)Nc1ccc(NC(=O)C(C)N(c2ccc(C)cc2)S(C)(=O)=O)cc1. The van der Waals surface area contributed by atoms with Crippen molar-refractivity contribution < 1.29 is 18.0 Å². The molecule has 0 saturated carbocycles. The number of aryl methyl sites for hydroxylation is 1. The molecule has 0 spiro atoms. The molecule has 0 aliphatic heterocycles. The Morgan fingerprint density at radius 2 is 1.41 bits per heavy atom. The van der Waals surface area contributed by atoms with E-state index in [0.29, 0.717) is 17.1 Å². The van der Waals surface area contributed by atoms with E-state index >= 15 is 0 Å². The van der Waals surface area contributed by atoms with E-state index in [2.05, 4.69) is 10.6 Å². The van der Waals surface area contributed by atoms with Gasteiger partial charge in [0.25, 0.3) is 0 Å². The molecular formula is C19H23N3O4S. The van der Waals surface area contributed by atoms with Crippen LogP contribution < -0.4 is 14.9 Å². The molecule has 0 aliphatic carbocycles. The smallest absolute Gasteiger partial charge is 0.247 e. The van der Waals surface area contributed by atoms with Crippen molar-refractivity contribution in [2.45, 2.75) is 26.8 Å². The Morgan fingerprint density at radius 3 is 1.85 bits per heavy atom. The summed E-state index contributed by atoms with van der Waals surface area (Å²) in [6.45, 7) is 4.83. The third-order valence-electron chi connectivity index (χ3n) is 3.85. The molecule has 2 aromatic rings. The average molecular weight is 389 g/mol. The molecule has 7 nitrogen and oxygen atoms in total. The van der Waals surface area contributed by atoms with Crippen LogP contribution in [0.25, 0.3) is 0 Å². The van der Waals surface area contributed by atoms with Crippen molar-refractivity contribution >= 4 is 38.9 Å². The Labute approximate surface area is 159 Å². The van der Waals surface area contributed by atoms with E-state index in [4.69, 9.17) is 0 Å². The van der Waals surface area contributed by atoms with Crippen molar-refractivity contribution in [2.75, 3.05) is 21.2 Å². The van der Waals surface area contributed by atoms with Crippen LogP contribution in [-0.2, 0) is 19.6 Å². The minimum absolute atomic E-state index is 0.192. The maximum Gasteiger partial charge on any atom is 0.247 e. The van der Waals surface area contributed by atoms with Crippen LogP contribution >= 0.6 is 0 Å². The van der Waals surface area contributed by atoms with E-state index in [1.54, 1.807) is 48.5 Å². The number of carbonyl (C=O) groups excluding carboxylic acids is 2. The lowest BCUT2D eigenvalue weighted by molar-refractivity contribution is -0.117. The molecule has 27 heavy (non-hydrogen) atoms. The summed E-state index contributed by atoms with van der Waals surface area (Å²) in [6, 6.07) is 12.5. The summed E-state index contributed by atoms with van der Waals surface area (Å²) < 4.78 is 25.6. The number of carbonyl (C=O) groups is 2. The fraction of sp³-hybridized carbons (Fsp3) is 0.263. The standard InChI is InChI=1S/C19H23N3O4S/c1-13-5-11-18(12-6-13)22(27(4,25)26)14(2)19(24)21-17-9-7-16(8-10-17)20-15(3)23/h5-12,14H,1-4H3,(H,20,23)(H,21,24). The zero-order chi connectivity index (χ0) is 20.2. The summed E-state index contributed by atoms with van der Waals surface area (Å²) in [5.41, 5.74) is 2.51. The average Bonchev–Trinajstić information content (AvgIpc) is 2.57. The van der Waals surface area contributed by atoms with Gasteiger partial charge < -0.3 is 10.6 Å². The highest BCUT2D eigenvalue weighted by atomic mass is 32.2. The van der Waals surface area contributed by atoms with Gasteiger partial charge >= 0.3 is 0 Å². The fourth-order valence-electron chi connectivity index (χ4n) is 2.59. The predicted octanol–water partition coefficient (Wildman–Crippen LogP) is 2.75. The molecule has 0 aromatic heterocycles. The topological polar surface area (TPSA) is 95.6 Å². The molecule has 0 heterocycles. The second-order valence-corrected chi connectivity index (χ2v) is 8.18. The quantitative estimate of drug-likeness (QED) is 0.794. The van der Waals surface area contributed by atoms with Gasteiger partial charge in [-0.15, -0.1) is 0 Å². The first-order valence-electron chi connectivity index (χ1n) is 8.32. The van der Waals surface area contributed by atoms with Crippen molar-refractivity contribution in [3.05, 3.63) is 54.1 Å². The van der Waals surface area contributed by atoms with Crippen LogP contribution in [0.1, 0.15) is 19.4 Å². The first-order valence-corrected chi connectivity index (χ1v) is 10.2. The van der Waals surface area contributed by atoms with Crippen LogP contribution in [-0.4, -0.2) is 32.5 Å². The lowest BCUT2D eigenvalue weighted by atomic mass is 10.2.